The molecule has 34 heavy (non-hydrogen) atoms. The summed E-state index contributed by atoms with van der Waals surface area (Å²) >= 11 is 1.08. The zero-order valence-corrected chi connectivity index (χ0v) is 19.0. The van der Waals surface area contributed by atoms with Crippen molar-refractivity contribution < 1.29 is 27.4 Å². The second-order valence-electron chi connectivity index (χ2n) is 8.07. The molecule has 0 bridgehead atoms. The Bertz CT molecular complexity index is 1220. The predicted octanol–water partition coefficient (Wildman–Crippen LogP) is 4.56. The van der Waals surface area contributed by atoms with Crippen LogP contribution in [0.3, 0.4) is 0 Å². The maximum absolute atomic E-state index is 13.8. The number of hydrogen-bond acceptors (Lipinski definition) is 7. The molecule has 2 aliphatic rings. The van der Waals surface area contributed by atoms with Crippen LogP contribution in [0, 0.1) is 0 Å². The van der Waals surface area contributed by atoms with E-state index >= 15 is 0 Å². The van der Waals surface area contributed by atoms with E-state index in [0.29, 0.717) is 35.3 Å². The first kappa shape index (κ1) is 22.5. The lowest BCUT2D eigenvalue weighted by atomic mass is 10.1. The SMILES string of the molecule is CN1CCN(c2ccc(NC(=O)c3cnc(-c4ccc5c(c4)OCO5)s3)c(C(F)(F)F)c2)CC1. The minimum Gasteiger partial charge on any atom is -0.454 e. The number of hydrogen-bond donors (Lipinski definition) is 1. The molecule has 0 aliphatic carbocycles. The first-order valence-corrected chi connectivity index (χ1v) is 11.4. The quantitative estimate of drug-likeness (QED) is 0.579. The van der Waals surface area contributed by atoms with Gasteiger partial charge in [-0.05, 0) is 43.4 Å². The number of amides is 1. The third kappa shape index (κ3) is 4.53. The van der Waals surface area contributed by atoms with Crippen LogP contribution < -0.4 is 19.7 Å². The number of benzene rings is 2. The van der Waals surface area contributed by atoms with Crippen molar-refractivity contribution in [1.29, 1.82) is 0 Å². The molecule has 0 spiro atoms. The van der Waals surface area contributed by atoms with Gasteiger partial charge >= 0.3 is 6.18 Å². The van der Waals surface area contributed by atoms with Gasteiger partial charge in [0.05, 0.1) is 17.4 Å². The Kier molecular flexibility index (Phi) is 5.82. The molecule has 7 nitrogen and oxygen atoms in total. The lowest BCUT2D eigenvalue weighted by molar-refractivity contribution is -0.136. The summed E-state index contributed by atoms with van der Waals surface area (Å²) in [4.78, 5) is 21.3. The molecule has 2 aromatic carbocycles. The van der Waals surface area contributed by atoms with Gasteiger partial charge in [0.15, 0.2) is 11.5 Å². The Hall–Kier alpha value is -3.31. The van der Waals surface area contributed by atoms with E-state index in [-0.39, 0.29) is 17.4 Å². The fourth-order valence-electron chi connectivity index (χ4n) is 3.86. The number of ether oxygens (including phenoxy) is 2. The zero-order valence-electron chi connectivity index (χ0n) is 18.2. The van der Waals surface area contributed by atoms with E-state index < -0.39 is 17.6 Å². The molecule has 5 rings (SSSR count). The fraction of sp³-hybridized carbons (Fsp3) is 0.304. The van der Waals surface area contributed by atoms with E-state index in [9.17, 15) is 18.0 Å². The fourth-order valence-corrected chi connectivity index (χ4v) is 4.67. The highest BCUT2D eigenvalue weighted by Crippen LogP contribution is 2.39. The molecule has 178 valence electrons. The number of nitrogens with zero attached hydrogens (tertiary/aromatic N) is 3. The highest BCUT2D eigenvalue weighted by molar-refractivity contribution is 7.17. The van der Waals surface area contributed by atoms with E-state index in [2.05, 4.69) is 15.2 Å². The van der Waals surface area contributed by atoms with Gasteiger partial charge < -0.3 is 24.6 Å². The van der Waals surface area contributed by atoms with Crippen molar-refractivity contribution in [2.45, 2.75) is 6.18 Å². The van der Waals surface area contributed by atoms with Crippen LogP contribution in [0.25, 0.3) is 10.6 Å². The number of piperazine rings is 1. The van der Waals surface area contributed by atoms with E-state index in [1.807, 2.05) is 11.9 Å². The number of aromatic nitrogens is 1. The van der Waals surface area contributed by atoms with Crippen molar-refractivity contribution in [3.63, 3.8) is 0 Å². The summed E-state index contributed by atoms with van der Waals surface area (Å²) in [6, 6.07) is 9.31. The van der Waals surface area contributed by atoms with E-state index in [1.54, 1.807) is 24.3 Å². The van der Waals surface area contributed by atoms with Crippen molar-refractivity contribution in [3.05, 3.63) is 53.0 Å². The largest absolute Gasteiger partial charge is 0.454 e. The minimum atomic E-state index is -4.61. The van der Waals surface area contributed by atoms with Crippen LogP contribution in [0.1, 0.15) is 15.2 Å². The van der Waals surface area contributed by atoms with Crippen LogP contribution >= 0.6 is 11.3 Å². The summed E-state index contributed by atoms with van der Waals surface area (Å²) in [5.41, 5.74) is 0.0494. The van der Waals surface area contributed by atoms with Gasteiger partial charge in [0, 0.05) is 37.4 Å². The summed E-state index contributed by atoms with van der Waals surface area (Å²) < 4.78 is 52.2. The van der Waals surface area contributed by atoms with Crippen molar-refractivity contribution in [2.24, 2.45) is 0 Å². The molecule has 0 saturated carbocycles. The molecule has 3 aromatic rings. The smallest absolute Gasteiger partial charge is 0.418 e. The second-order valence-corrected chi connectivity index (χ2v) is 9.10. The summed E-state index contributed by atoms with van der Waals surface area (Å²) in [6.07, 6.45) is -3.26. The van der Waals surface area contributed by atoms with Crippen LogP contribution in [0.2, 0.25) is 0 Å². The van der Waals surface area contributed by atoms with Gasteiger partial charge in [-0.3, -0.25) is 4.79 Å². The van der Waals surface area contributed by atoms with Gasteiger partial charge in [-0.25, -0.2) is 4.98 Å². The number of anilines is 2. The Labute approximate surface area is 197 Å². The standard InChI is InChI=1S/C23H21F3N4O3S/c1-29-6-8-30(9-7-29)15-3-4-17(16(11-15)23(24,25)26)28-21(31)20-12-27-22(34-20)14-2-5-18-19(10-14)33-13-32-18/h2-5,10-12H,6-9,13H2,1H3,(H,28,31). The first-order chi connectivity index (χ1) is 16.3. The van der Waals surface area contributed by atoms with Crippen molar-refractivity contribution in [1.82, 2.24) is 9.88 Å². The summed E-state index contributed by atoms with van der Waals surface area (Å²) in [5, 5.41) is 2.96. The Balaban J connectivity index is 1.36. The molecule has 0 unspecified atom stereocenters. The number of carbonyl (C=O) groups is 1. The molecule has 0 atom stereocenters. The van der Waals surface area contributed by atoms with Gasteiger partial charge in [0.1, 0.15) is 9.88 Å². The lowest BCUT2D eigenvalue weighted by Gasteiger charge is -2.34. The zero-order chi connectivity index (χ0) is 23.9. The Morgan fingerprint density at radius 1 is 1.06 bits per heavy atom. The van der Waals surface area contributed by atoms with E-state index in [1.165, 1.54) is 12.3 Å². The third-order valence-corrected chi connectivity index (χ3v) is 6.82. The number of thiazole rings is 1. The third-order valence-electron chi connectivity index (χ3n) is 5.77. The molecule has 1 fully saturated rings. The second kappa shape index (κ2) is 8.80. The predicted molar refractivity (Wildman–Crippen MR) is 123 cm³/mol. The molecule has 1 N–H and O–H groups in total. The molecular formula is C23H21F3N4O3S. The summed E-state index contributed by atoms with van der Waals surface area (Å²) in [7, 11) is 1.98. The maximum atomic E-state index is 13.8. The number of carbonyl (C=O) groups excluding carboxylic acids is 1. The van der Waals surface area contributed by atoms with Crippen LogP contribution in [0.15, 0.2) is 42.6 Å². The number of alkyl halides is 3. The van der Waals surface area contributed by atoms with Gasteiger partial charge in [0.2, 0.25) is 6.79 Å². The number of fused-ring (bicyclic) bond motifs is 1. The highest BCUT2D eigenvalue weighted by Gasteiger charge is 2.35. The molecule has 0 radical (unpaired) electrons. The molecule has 1 amide bonds. The summed E-state index contributed by atoms with van der Waals surface area (Å²) in [6.45, 7) is 2.97. The van der Waals surface area contributed by atoms with Crippen molar-refractivity contribution in [2.75, 3.05) is 50.2 Å². The molecule has 2 aliphatic heterocycles. The van der Waals surface area contributed by atoms with E-state index in [4.69, 9.17) is 9.47 Å². The number of halogens is 3. The minimum absolute atomic E-state index is 0.138. The normalized spacial score (nSPS) is 16.1. The highest BCUT2D eigenvalue weighted by atomic mass is 32.1. The first-order valence-electron chi connectivity index (χ1n) is 10.6. The Morgan fingerprint density at radius 3 is 2.59 bits per heavy atom. The number of likely N-dealkylation sites (N-methyl/N-ethyl adjacent to an activating group) is 1. The molecule has 11 heteroatoms. The molecule has 3 heterocycles. The van der Waals surface area contributed by atoms with Crippen LogP contribution in [0.4, 0.5) is 24.5 Å². The van der Waals surface area contributed by atoms with Gasteiger partial charge in [-0.15, -0.1) is 11.3 Å². The van der Waals surface area contributed by atoms with Crippen molar-refractivity contribution >= 4 is 28.6 Å². The average Bonchev–Trinajstić information content (AvgIpc) is 3.48. The monoisotopic (exact) mass is 490 g/mol. The van der Waals surface area contributed by atoms with Gasteiger partial charge in [-0.1, -0.05) is 0 Å². The molecule has 1 aromatic heterocycles. The van der Waals surface area contributed by atoms with E-state index in [0.717, 1.165) is 36.1 Å². The van der Waals surface area contributed by atoms with Crippen LogP contribution in [-0.4, -0.2) is 55.8 Å². The summed E-state index contributed by atoms with van der Waals surface area (Å²) in [5.74, 6) is 0.550. The number of nitrogens with one attached hydrogen (secondary N) is 1. The topological polar surface area (TPSA) is 66.9 Å². The molecule has 1 saturated heterocycles. The average molecular weight is 491 g/mol. The van der Waals surface area contributed by atoms with Gasteiger partial charge in [-0.2, -0.15) is 13.2 Å². The Morgan fingerprint density at radius 2 is 1.82 bits per heavy atom. The maximum Gasteiger partial charge on any atom is 0.418 e. The van der Waals surface area contributed by atoms with Crippen LogP contribution in [0.5, 0.6) is 11.5 Å². The van der Waals surface area contributed by atoms with Crippen LogP contribution in [-0.2, 0) is 6.18 Å². The number of rotatable bonds is 4. The van der Waals surface area contributed by atoms with Crippen molar-refractivity contribution in [3.8, 4) is 22.1 Å². The van der Waals surface area contributed by atoms with Gasteiger partial charge in [0.25, 0.3) is 5.91 Å². The lowest BCUT2D eigenvalue weighted by Crippen LogP contribution is -2.44. The molecular weight excluding hydrogens is 469 g/mol.